The number of anilines is 1. The molecule has 0 fully saturated rings. The SMILES string of the molecule is Cn1c(N)c(-c2cccnc2)[nH]c1=S. The highest BCUT2D eigenvalue weighted by Gasteiger charge is 2.07. The van der Waals surface area contributed by atoms with Gasteiger partial charge in [-0.25, -0.2) is 0 Å². The highest BCUT2D eigenvalue weighted by atomic mass is 32.1. The zero-order valence-corrected chi connectivity index (χ0v) is 8.51. The van der Waals surface area contributed by atoms with E-state index in [4.69, 9.17) is 18.0 Å². The van der Waals surface area contributed by atoms with Gasteiger partial charge in [-0.2, -0.15) is 0 Å². The minimum atomic E-state index is 0.612. The van der Waals surface area contributed by atoms with Gasteiger partial charge in [-0.3, -0.25) is 4.98 Å². The lowest BCUT2D eigenvalue weighted by molar-refractivity contribution is 0.906. The number of nitrogens with two attached hydrogens (primary N) is 1. The Hall–Kier alpha value is -1.62. The first-order chi connectivity index (χ1) is 6.70. The molecule has 4 nitrogen and oxygen atoms in total. The highest BCUT2D eigenvalue weighted by molar-refractivity contribution is 7.71. The molecular formula is C9H10N4S. The average molecular weight is 206 g/mol. The number of pyridine rings is 1. The summed E-state index contributed by atoms with van der Waals surface area (Å²) in [6, 6.07) is 3.79. The first-order valence-corrected chi connectivity index (χ1v) is 4.56. The maximum Gasteiger partial charge on any atom is 0.178 e. The highest BCUT2D eigenvalue weighted by Crippen LogP contribution is 2.22. The minimum absolute atomic E-state index is 0.612. The Balaban J connectivity index is 2.64. The molecule has 0 atom stereocenters. The molecule has 2 aromatic heterocycles. The molecule has 0 amide bonds. The maximum atomic E-state index is 5.87. The Morgan fingerprint density at radius 3 is 2.86 bits per heavy atom. The van der Waals surface area contributed by atoms with Gasteiger partial charge in [0, 0.05) is 25.0 Å². The molecule has 2 heterocycles. The number of aromatic nitrogens is 3. The van der Waals surface area contributed by atoms with E-state index in [-0.39, 0.29) is 0 Å². The summed E-state index contributed by atoms with van der Waals surface area (Å²) in [5.74, 6) is 0.628. The number of hydrogen-bond donors (Lipinski definition) is 2. The van der Waals surface area contributed by atoms with Gasteiger partial charge in [0.25, 0.3) is 0 Å². The lowest BCUT2D eigenvalue weighted by Crippen LogP contribution is -1.96. The third-order valence-corrected chi connectivity index (χ3v) is 2.48. The second-order valence-electron chi connectivity index (χ2n) is 2.99. The van der Waals surface area contributed by atoms with E-state index in [0.717, 1.165) is 11.3 Å². The van der Waals surface area contributed by atoms with Crippen LogP contribution in [0.25, 0.3) is 11.3 Å². The van der Waals surface area contributed by atoms with Gasteiger partial charge >= 0.3 is 0 Å². The van der Waals surface area contributed by atoms with E-state index in [2.05, 4.69) is 9.97 Å². The van der Waals surface area contributed by atoms with E-state index in [1.165, 1.54) is 0 Å². The van der Waals surface area contributed by atoms with E-state index in [9.17, 15) is 0 Å². The second kappa shape index (κ2) is 3.26. The summed E-state index contributed by atoms with van der Waals surface area (Å²) in [5, 5.41) is 0. The number of imidazole rings is 1. The fourth-order valence-corrected chi connectivity index (χ4v) is 1.46. The van der Waals surface area contributed by atoms with Crippen molar-refractivity contribution in [3.8, 4) is 11.3 Å². The van der Waals surface area contributed by atoms with Crippen molar-refractivity contribution < 1.29 is 0 Å². The van der Waals surface area contributed by atoms with Crippen LogP contribution in [0.3, 0.4) is 0 Å². The predicted molar refractivity (Wildman–Crippen MR) is 58.2 cm³/mol. The normalized spacial score (nSPS) is 10.4. The Morgan fingerprint density at radius 2 is 2.36 bits per heavy atom. The molecule has 0 aliphatic carbocycles. The Labute approximate surface area is 86.4 Å². The number of rotatable bonds is 1. The molecule has 0 aliphatic rings. The fraction of sp³-hybridized carbons (Fsp3) is 0.111. The lowest BCUT2D eigenvalue weighted by atomic mass is 10.2. The number of aromatic amines is 1. The van der Waals surface area contributed by atoms with E-state index in [0.29, 0.717) is 10.6 Å². The van der Waals surface area contributed by atoms with Crippen LogP contribution in [-0.4, -0.2) is 14.5 Å². The van der Waals surface area contributed by atoms with Gasteiger partial charge in [-0.05, 0) is 24.4 Å². The van der Waals surface area contributed by atoms with Gasteiger partial charge in [0.15, 0.2) is 4.77 Å². The first kappa shape index (κ1) is 8.96. The molecule has 0 unspecified atom stereocenters. The number of nitrogens with one attached hydrogen (secondary N) is 1. The summed E-state index contributed by atoms with van der Waals surface area (Å²) in [5.41, 5.74) is 7.64. The molecule has 0 radical (unpaired) electrons. The molecule has 72 valence electrons. The van der Waals surface area contributed by atoms with Crippen molar-refractivity contribution in [2.24, 2.45) is 7.05 Å². The molecule has 2 aromatic rings. The van der Waals surface area contributed by atoms with Crippen LogP contribution in [0, 0.1) is 4.77 Å². The van der Waals surface area contributed by atoms with E-state index >= 15 is 0 Å². The molecule has 5 heteroatoms. The molecule has 0 bridgehead atoms. The van der Waals surface area contributed by atoms with Gasteiger partial charge in [0.05, 0.1) is 5.69 Å². The number of nitrogens with zero attached hydrogens (tertiary/aromatic N) is 2. The molecule has 3 N–H and O–H groups in total. The standard InChI is InChI=1S/C9H10N4S/c1-13-8(10)7(12-9(13)14)6-3-2-4-11-5-6/h2-5H,10H2,1H3,(H,12,14). The smallest absolute Gasteiger partial charge is 0.178 e. The third kappa shape index (κ3) is 1.31. The van der Waals surface area contributed by atoms with Crippen LogP contribution in [-0.2, 0) is 7.05 Å². The topological polar surface area (TPSA) is 59.6 Å². The van der Waals surface area contributed by atoms with Crippen molar-refractivity contribution in [2.45, 2.75) is 0 Å². The lowest BCUT2D eigenvalue weighted by Gasteiger charge is -1.99. The maximum absolute atomic E-state index is 5.87. The van der Waals surface area contributed by atoms with Crippen molar-refractivity contribution in [3.05, 3.63) is 29.3 Å². The van der Waals surface area contributed by atoms with Crippen molar-refractivity contribution >= 4 is 18.0 Å². The van der Waals surface area contributed by atoms with Crippen LogP contribution in [0.15, 0.2) is 24.5 Å². The van der Waals surface area contributed by atoms with Crippen molar-refractivity contribution in [1.82, 2.24) is 14.5 Å². The number of hydrogen-bond acceptors (Lipinski definition) is 3. The zero-order chi connectivity index (χ0) is 10.1. The van der Waals surface area contributed by atoms with Crippen LogP contribution in [0.2, 0.25) is 0 Å². The van der Waals surface area contributed by atoms with Crippen LogP contribution < -0.4 is 5.73 Å². The second-order valence-corrected chi connectivity index (χ2v) is 3.38. The zero-order valence-electron chi connectivity index (χ0n) is 7.69. The fourth-order valence-electron chi connectivity index (χ4n) is 1.26. The van der Waals surface area contributed by atoms with Crippen molar-refractivity contribution in [2.75, 3.05) is 5.73 Å². The average Bonchev–Trinajstić information content (AvgIpc) is 2.47. The minimum Gasteiger partial charge on any atom is -0.383 e. The molecule has 0 saturated heterocycles. The Bertz CT molecular complexity index is 497. The van der Waals surface area contributed by atoms with Gasteiger partial charge in [-0.1, -0.05) is 0 Å². The molecule has 0 aromatic carbocycles. The third-order valence-electron chi connectivity index (χ3n) is 2.10. The Morgan fingerprint density at radius 1 is 1.57 bits per heavy atom. The number of nitrogen functional groups attached to an aromatic ring is 1. The largest absolute Gasteiger partial charge is 0.383 e. The molecule has 0 spiro atoms. The molecule has 0 aliphatic heterocycles. The summed E-state index contributed by atoms with van der Waals surface area (Å²) in [6.45, 7) is 0. The summed E-state index contributed by atoms with van der Waals surface area (Å²) in [7, 11) is 1.83. The summed E-state index contributed by atoms with van der Waals surface area (Å²) >= 11 is 5.07. The van der Waals surface area contributed by atoms with Gasteiger partial charge < -0.3 is 15.3 Å². The summed E-state index contributed by atoms with van der Waals surface area (Å²) in [6.07, 6.45) is 3.47. The quantitative estimate of drug-likeness (QED) is 0.698. The van der Waals surface area contributed by atoms with Crippen LogP contribution in [0.1, 0.15) is 0 Å². The monoisotopic (exact) mass is 206 g/mol. The first-order valence-electron chi connectivity index (χ1n) is 4.15. The van der Waals surface area contributed by atoms with E-state index in [1.54, 1.807) is 17.0 Å². The van der Waals surface area contributed by atoms with Crippen LogP contribution in [0.4, 0.5) is 5.82 Å². The van der Waals surface area contributed by atoms with Crippen molar-refractivity contribution in [3.63, 3.8) is 0 Å². The van der Waals surface area contributed by atoms with Crippen LogP contribution >= 0.6 is 12.2 Å². The summed E-state index contributed by atoms with van der Waals surface area (Å²) in [4.78, 5) is 7.06. The van der Waals surface area contributed by atoms with Gasteiger partial charge in [0.2, 0.25) is 0 Å². The van der Waals surface area contributed by atoms with Gasteiger partial charge in [0.1, 0.15) is 5.82 Å². The van der Waals surface area contributed by atoms with E-state index in [1.807, 2.05) is 19.2 Å². The molecule has 2 rings (SSSR count). The van der Waals surface area contributed by atoms with E-state index < -0.39 is 0 Å². The Kier molecular flexibility index (Phi) is 2.09. The summed E-state index contributed by atoms with van der Waals surface area (Å²) < 4.78 is 2.35. The number of H-pyrrole nitrogens is 1. The van der Waals surface area contributed by atoms with Gasteiger partial charge in [-0.15, -0.1) is 0 Å². The van der Waals surface area contributed by atoms with Crippen LogP contribution in [0.5, 0.6) is 0 Å². The molecular weight excluding hydrogens is 196 g/mol. The molecule has 0 saturated carbocycles. The predicted octanol–water partition coefficient (Wildman–Crippen LogP) is 1.73. The van der Waals surface area contributed by atoms with Crippen molar-refractivity contribution in [1.29, 1.82) is 0 Å². The molecule has 14 heavy (non-hydrogen) atoms.